The molecule has 4 bridgehead atoms. The number of hydrogen-bond donors (Lipinski definition) is 2. The molecule has 10 heteroatoms. The van der Waals surface area contributed by atoms with Gasteiger partial charge in [-0.2, -0.15) is 16.8 Å². The van der Waals surface area contributed by atoms with E-state index in [-0.39, 0.29) is 23.4 Å². The van der Waals surface area contributed by atoms with Crippen LogP contribution in [-0.2, 0) is 29.8 Å². The molecular formula is C28H34O8S2. The number of fused-ring (bicyclic) bond motifs is 4. The zero-order valence-electron chi connectivity index (χ0n) is 22.0. The van der Waals surface area contributed by atoms with Crippen LogP contribution >= 0.6 is 0 Å². The Labute approximate surface area is 224 Å². The molecule has 0 spiro atoms. The number of Topliss-reactive ketones (excluding diaryl/α,β-unsaturated/α-hetero) is 2. The van der Waals surface area contributed by atoms with Gasteiger partial charge < -0.3 is 0 Å². The van der Waals surface area contributed by atoms with Crippen LogP contribution in [0.1, 0.15) is 64.5 Å². The highest BCUT2D eigenvalue weighted by atomic mass is 32.2. The van der Waals surface area contributed by atoms with Crippen molar-refractivity contribution in [3.05, 3.63) is 46.5 Å². The van der Waals surface area contributed by atoms with Crippen LogP contribution in [0.3, 0.4) is 0 Å². The predicted octanol–water partition coefficient (Wildman–Crippen LogP) is 4.24. The van der Waals surface area contributed by atoms with Crippen molar-refractivity contribution in [2.24, 2.45) is 33.5 Å². The monoisotopic (exact) mass is 562 g/mol. The van der Waals surface area contributed by atoms with Crippen LogP contribution in [0.2, 0.25) is 0 Å². The fourth-order valence-electron chi connectivity index (χ4n) is 8.23. The molecular weight excluding hydrogens is 528 g/mol. The van der Waals surface area contributed by atoms with E-state index in [1.165, 1.54) is 0 Å². The molecule has 0 aliphatic heterocycles. The molecule has 4 aliphatic carbocycles. The summed E-state index contributed by atoms with van der Waals surface area (Å²) < 4.78 is 66.1. The molecule has 4 fully saturated rings. The summed E-state index contributed by atoms with van der Waals surface area (Å²) in [7, 11) is -8.66. The van der Waals surface area contributed by atoms with E-state index in [0.717, 1.165) is 11.1 Å². The lowest BCUT2D eigenvalue weighted by molar-refractivity contribution is -0.125. The summed E-state index contributed by atoms with van der Waals surface area (Å²) in [5, 5.41) is 0. The Morgan fingerprint density at radius 3 is 1.32 bits per heavy atom. The second kappa shape index (κ2) is 8.19. The summed E-state index contributed by atoms with van der Waals surface area (Å²) in [6.45, 7) is 7.58. The molecule has 4 saturated carbocycles. The van der Waals surface area contributed by atoms with E-state index in [0.29, 0.717) is 36.8 Å². The summed E-state index contributed by atoms with van der Waals surface area (Å²) in [5.74, 6) is -1.80. The Morgan fingerprint density at radius 2 is 1.03 bits per heavy atom. The molecule has 8 nitrogen and oxygen atoms in total. The maximum absolute atomic E-state index is 13.4. The number of ketones is 2. The van der Waals surface area contributed by atoms with Gasteiger partial charge >= 0.3 is 0 Å². The minimum atomic E-state index is -4.33. The van der Waals surface area contributed by atoms with Crippen LogP contribution in [0.15, 0.2) is 35.4 Å². The molecule has 1 aromatic carbocycles. The largest absolute Gasteiger partial charge is 0.294 e. The Balaban J connectivity index is 1.44. The van der Waals surface area contributed by atoms with E-state index in [9.17, 15) is 35.5 Å². The first kappa shape index (κ1) is 27.4. The number of benzene rings is 1. The van der Waals surface area contributed by atoms with Crippen molar-refractivity contribution in [1.29, 1.82) is 0 Å². The van der Waals surface area contributed by atoms with Gasteiger partial charge in [0, 0.05) is 11.1 Å². The van der Waals surface area contributed by atoms with Gasteiger partial charge in [0.1, 0.15) is 0 Å². The average molecular weight is 563 g/mol. The molecule has 206 valence electrons. The van der Waals surface area contributed by atoms with Gasteiger partial charge in [0.05, 0.1) is 22.3 Å². The zero-order chi connectivity index (χ0) is 28.1. The van der Waals surface area contributed by atoms with Crippen LogP contribution in [-0.4, -0.2) is 49.0 Å². The SMILES string of the molecule is CC1(C)[C@@H]2CC[C@]1(CS(=O)(=O)O)C(=O)/C2=C/c1ccc(/C=C2\C(=O)[C@]3(CS(=O)(=O)O)CC[C@@H]2C3(C)C)cc1. The van der Waals surface area contributed by atoms with Crippen LogP contribution in [0.4, 0.5) is 0 Å². The summed E-state index contributed by atoms with van der Waals surface area (Å²) >= 11 is 0. The van der Waals surface area contributed by atoms with Gasteiger partial charge in [-0.3, -0.25) is 18.7 Å². The third-order valence-corrected chi connectivity index (χ3v) is 12.2. The normalized spacial score (nSPS) is 35.6. The maximum atomic E-state index is 13.4. The molecule has 0 aromatic heterocycles. The van der Waals surface area contributed by atoms with Crippen molar-refractivity contribution in [2.75, 3.05) is 11.5 Å². The van der Waals surface area contributed by atoms with E-state index < -0.39 is 53.4 Å². The number of hydrogen-bond acceptors (Lipinski definition) is 6. The van der Waals surface area contributed by atoms with E-state index in [2.05, 4.69) is 0 Å². The van der Waals surface area contributed by atoms with Gasteiger partial charge in [-0.1, -0.05) is 52.0 Å². The molecule has 1 aromatic rings. The van der Waals surface area contributed by atoms with E-state index in [4.69, 9.17) is 0 Å². The zero-order valence-corrected chi connectivity index (χ0v) is 23.7. The van der Waals surface area contributed by atoms with Crippen molar-refractivity contribution < 1.29 is 35.5 Å². The molecule has 4 aliphatic rings. The van der Waals surface area contributed by atoms with E-state index in [1.54, 1.807) is 12.2 Å². The molecule has 5 rings (SSSR count). The van der Waals surface area contributed by atoms with Crippen LogP contribution in [0.5, 0.6) is 0 Å². The lowest BCUT2D eigenvalue weighted by Crippen LogP contribution is -2.42. The Bertz CT molecular complexity index is 1400. The third-order valence-electron chi connectivity index (χ3n) is 10.5. The number of allylic oxidation sites excluding steroid dienone is 2. The minimum Gasteiger partial charge on any atom is -0.294 e. The molecule has 0 heterocycles. The highest BCUT2D eigenvalue weighted by Crippen LogP contribution is 2.67. The Kier molecular flexibility index (Phi) is 5.91. The first-order valence-electron chi connectivity index (χ1n) is 12.9. The average Bonchev–Trinajstić information content (AvgIpc) is 3.27. The first-order valence-corrected chi connectivity index (χ1v) is 16.1. The summed E-state index contributed by atoms with van der Waals surface area (Å²) in [4.78, 5) is 26.9. The van der Waals surface area contributed by atoms with Crippen LogP contribution in [0.25, 0.3) is 12.2 Å². The molecule has 0 unspecified atom stereocenters. The Morgan fingerprint density at radius 1 is 0.711 bits per heavy atom. The van der Waals surface area contributed by atoms with Gasteiger partial charge in [0.2, 0.25) is 0 Å². The lowest BCUT2D eigenvalue weighted by Gasteiger charge is -2.34. The number of carbonyl (C=O) groups is 2. The fraction of sp³-hybridized carbons (Fsp3) is 0.571. The lowest BCUT2D eigenvalue weighted by atomic mass is 9.70. The van der Waals surface area contributed by atoms with Crippen molar-refractivity contribution in [1.82, 2.24) is 0 Å². The minimum absolute atomic E-state index is 0.105. The summed E-state index contributed by atoms with van der Waals surface area (Å²) in [6.07, 6.45) is 5.80. The fourth-order valence-corrected chi connectivity index (χ4v) is 10.8. The maximum Gasteiger partial charge on any atom is 0.265 e. The summed E-state index contributed by atoms with van der Waals surface area (Å²) in [5.41, 5.74) is -0.762. The smallest absolute Gasteiger partial charge is 0.265 e. The van der Waals surface area contributed by atoms with Crippen molar-refractivity contribution in [3.63, 3.8) is 0 Å². The van der Waals surface area contributed by atoms with Gasteiger partial charge in [-0.25, -0.2) is 0 Å². The Hall–Kier alpha value is -2.14. The van der Waals surface area contributed by atoms with E-state index >= 15 is 0 Å². The second-order valence-electron chi connectivity index (χ2n) is 12.8. The van der Waals surface area contributed by atoms with Gasteiger partial charge in [-0.05, 0) is 71.6 Å². The standard InChI is InChI=1S/C28H34O8S2/c1-25(2)21-9-11-27(25,15-37(31,32)33)23(29)19(21)13-17-5-7-18(8-6-17)14-20-22-10-12-28(24(20)30,26(22,3)4)16-38(34,35)36/h5-8,13-14,21-22H,9-12,15-16H2,1-4H3,(H,31,32,33)(H,34,35,36)/b19-13-,20-14+/t21-,22+,27+,28-/m0/s1. The first-order chi connectivity index (χ1) is 17.3. The molecule has 0 saturated heterocycles. The van der Waals surface area contributed by atoms with Gasteiger partial charge in [-0.15, -0.1) is 0 Å². The van der Waals surface area contributed by atoms with E-state index in [1.807, 2.05) is 52.0 Å². The van der Waals surface area contributed by atoms with Crippen molar-refractivity contribution in [3.8, 4) is 0 Å². The molecule has 4 atom stereocenters. The summed E-state index contributed by atoms with van der Waals surface area (Å²) in [6, 6.07) is 7.33. The predicted molar refractivity (Wildman–Crippen MR) is 143 cm³/mol. The molecule has 0 radical (unpaired) electrons. The van der Waals surface area contributed by atoms with Gasteiger partial charge in [0.15, 0.2) is 11.6 Å². The van der Waals surface area contributed by atoms with Crippen LogP contribution < -0.4 is 0 Å². The number of carbonyl (C=O) groups excluding carboxylic acids is 2. The van der Waals surface area contributed by atoms with Crippen molar-refractivity contribution in [2.45, 2.75) is 53.4 Å². The molecule has 0 amide bonds. The number of rotatable bonds is 6. The van der Waals surface area contributed by atoms with Gasteiger partial charge in [0.25, 0.3) is 20.2 Å². The second-order valence-corrected chi connectivity index (χ2v) is 15.7. The van der Waals surface area contributed by atoms with Crippen LogP contribution in [0, 0.1) is 33.5 Å². The molecule has 38 heavy (non-hydrogen) atoms. The highest BCUT2D eigenvalue weighted by Gasteiger charge is 2.68. The highest BCUT2D eigenvalue weighted by molar-refractivity contribution is 7.86. The topological polar surface area (TPSA) is 143 Å². The molecule has 2 N–H and O–H groups in total. The van der Waals surface area contributed by atoms with Crippen molar-refractivity contribution >= 4 is 44.0 Å². The quantitative estimate of drug-likeness (QED) is 0.387. The third kappa shape index (κ3) is 3.82.